The van der Waals surface area contributed by atoms with Gasteiger partial charge in [0.2, 0.25) is 0 Å². The van der Waals surface area contributed by atoms with E-state index >= 15 is 0 Å². The van der Waals surface area contributed by atoms with Crippen LogP contribution in [-0.2, 0) is 6.42 Å². The Bertz CT molecular complexity index is 563. The largest absolute Gasteiger partial charge is 0.508 e. The summed E-state index contributed by atoms with van der Waals surface area (Å²) in [4.78, 5) is 0. The van der Waals surface area contributed by atoms with Crippen LogP contribution in [0.3, 0.4) is 0 Å². The monoisotopic (exact) mass is 273 g/mol. The van der Waals surface area contributed by atoms with Crippen LogP contribution in [0.1, 0.15) is 12.5 Å². The maximum absolute atomic E-state index is 12.1. The summed E-state index contributed by atoms with van der Waals surface area (Å²) in [5, 5.41) is 12.5. The molecule has 0 aliphatic heterocycles. The predicted octanol–water partition coefficient (Wildman–Crippen LogP) is 3.22. The maximum atomic E-state index is 12.1. The van der Waals surface area contributed by atoms with E-state index in [0.29, 0.717) is 12.0 Å². The average Bonchev–Trinajstić information content (AvgIpc) is 2.68. The molecule has 19 heavy (non-hydrogen) atoms. The van der Waals surface area contributed by atoms with E-state index in [1.807, 2.05) is 0 Å². The molecule has 0 aliphatic carbocycles. The zero-order chi connectivity index (χ0) is 14.0. The van der Waals surface area contributed by atoms with Crippen LogP contribution < -0.4 is 5.32 Å². The van der Waals surface area contributed by atoms with Gasteiger partial charge in [-0.1, -0.05) is 0 Å². The van der Waals surface area contributed by atoms with E-state index in [4.69, 9.17) is 4.42 Å². The minimum absolute atomic E-state index is 0.103. The van der Waals surface area contributed by atoms with E-state index in [9.17, 15) is 18.3 Å². The molecule has 0 saturated heterocycles. The average molecular weight is 273 g/mol. The third-order valence-corrected chi connectivity index (χ3v) is 2.81. The van der Waals surface area contributed by atoms with Gasteiger partial charge < -0.3 is 14.8 Å². The topological polar surface area (TPSA) is 45.4 Å². The molecule has 6 heteroatoms. The first-order valence-electron chi connectivity index (χ1n) is 5.84. The molecule has 0 radical (unpaired) electrons. The fourth-order valence-corrected chi connectivity index (χ4v) is 1.92. The number of aromatic hydroxyl groups is 1. The lowest BCUT2D eigenvalue weighted by atomic mass is 10.1. The van der Waals surface area contributed by atoms with Crippen LogP contribution in [0.4, 0.5) is 13.2 Å². The third kappa shape index (κ3) is 3.64. The first-order valence-corrected chi connectivity index (χ1v) is 5.84. The van der Waals surface area contributed by atoms with Crippen LogP contribution in [0.5, 0.6) is 5.75 Å². The van der Waals surface area contributed by atoms with Crippen molar-refractivity contribution < 1.29 is 22.7 Å². The van der Waals surface area contributed by atoms with Crippen molar-refractivity contribution in [2.24, 2.45) is 0 Å². The number of halogens is 3. The first kappa shape index (κ1) is 13.7. The summed E-state index contributed by atoms with van der Waals surface area (Å²) in [5.41, 5.74) is 1.38. The van der Waals surface area contributed by atoms with Crippen molar-refractivity contribution in [3.05, 3.63) is 30.0 Å². The van der Waals surface area contributed by atoms with Crippen LogP contribution in [0.15, 0.2) is 28.9 Å². The van der Waals surface area contributed by atoms with Gasteiger partial charge in [0.25, 0.3) is 0 Å². The highest BCUT2D eigenvalue weighted by Gasteiger charge is 2.27. The fourth-order valence-electron chi connectivity index (χ4n) is 1.92. The highest BCUT2D eigenvalue weighted by atomic mass is 19.4. The van der Waals surface area contributed by atoms with E-state index in [2.05, 4.69) is 5.32 Å². The van der Waals surface area contributed by atoms with Crippen LogP contribution in [0.25, 0.3) is 11.0 Å². The second kappa shape index (κ2) is 5.13. The van der Waals surface area contributed by atoms with Gasteiger partial charge in [0.05, 0.1) is 12.8 Å². The number of rotatable bonds is 4. The maximum Gasteiger partial charge on any atom is 0.401 e. The van der Waals surface area contributed by atoms with Gasteiger partial charge >= 0.3 is 6.18 Å². The molecule has 2 rings (SSSR count). The Kier molecular flexibility index (Phi) is 3.71. The molecule has 0 amide bonds. The molecule has 1 aromatic heterocycles. The lowest BCUT2D eigenvalue weighted by Gasteiger charge is -2.14. The summed E-state index contributed by atoms with van der Waals surface area (Å²) in [6.07, 6.45) is -2.31. The molecule has 0 saturated carbocycles. The molecule has 2 aromatic rings. The number of benzene rings is 1. The lowest BCUT2D eigenvalue weighted by Crippen LogP contribution is -2.36. The Morgan fingerprint density at radius 3 is 2.79 bits per heavy atom. The van der Waals surface area contributed by atoms with Crippen molar-refractivity contribution in [1.82, 2.24) is 5.32 Å². The minimum Gasteiger partial charge on any atom is -0.508 e. The summed E-state index contributed by atoms with van der Waals surface area (Å²) in [7, 11) is 0. The number of hydrogen-bond donors (Lipinski definition) is 2. The van der Waals surface area contributed by atoms with Gasteiger partial charge in [-0.15, -0.1) is 0 Å². The van der Waals surface area contributed by atoms with Crippen molar-refractivity contribution in [3.8, 4) is 5.75 Å². The van der Waals surface area contributed by atoms with Crippen molar-refractivity contribution >= 4 is 11.0 Å². The number of furan rings is 1. The van der Waals surface area contributed by atoms with Gasteiger partial charge in [-0.25, -0.2) is 0 Å². The SMILES string of the molecule is CC(Cc1coc2ccc(O)cc12)NCC(F)(F)F. The quantitative estimate of drug-likeness (QED) is 0.899. The number of phenolic OH excluding ortho intramolecular Hbond substituents is 1. The second-order valence-electron chi connectivity index (χ2n) is 4.54. The first-order chi connectivity index (χ1) is 8.85. The Morgan fingerprint density at radius 1 is 1.37 bits per heavy atom. The number of phenols is 1. The highest BCUT2D eigenvalue weighted by Crippen LogP contribution is 2.26. The molecule has 1 atom stereocenters. The molecule has 0 fully saturated rings. The Morgan fingerprint density at radius 2 is 2.11 bits per heavy atom. The summed E-state index contributed by atoms with van der Waals surface area (Å²) in [5.74, 6) is 0.103. The lowest BCUT2D eigenvalue weighted by molar-refractivity contribution is -0.126. The zero-order valence-electron chi connectivity index (χ0n) is 10.3. The van der Waals surface area contributed by atoms with E-state index in [0.717, 1.165) is 10.9 Å². The Labute approximate surface area is 108 Å². The molecule has 1 unspecified atom stereocenters. The van der Waals surface area contributed by atoms with Gasteiger partial charge in [0.15, 0.2) is 0 Å². The number of fused-ring (bicyclic) bond motifs is 1. The van der Waals surface area contributed by atoms with Gasteiger partial charge in [-0.05, 0) is 37.1 Å². The Balaban J connectivity index is 2.06. The van der Waals surface area contributed by atoms with Crippen LogP contribution in [-0.4, -0.2) is 23.9 Å². The summed E-state index contributed by atoms with van der Waals surface area (Å²) >= 11 is 0. The van der Waals surface area contributed by atoms with Crippen LogP contribution in [0.2, 0.25) is 0 Å². The van der Waals surface area contributed by atoms with E-state index in [-0.39, 0.29) is 11.8 Å². The number of hydrogen-bond acceptors (Lipinski definition) is 3. The van der Waals surface area contributed by atoms with Crippen molar-refractivity contribution in [3.63, 3.8) is 0 Å². The molecule has 0 bridgehead atoms. The standard InChI is InChI=1S/C13H14F3NO2/c1-8(17-7-13(14,15)16)4-9-6-19-12-3-2-10(18)5-11(9)12/h2-3,5-6,8,17-18H,4,7H2,1H3. The van der Waals surface area contributed by atoms with Gasteiger partial charge in [0, 0.05) is 11.4 Å². The van der Waals surface area contributed by atoms with Crippen molar-refractivity contribution in [2.45, 2.75) is 25.6 Å². The van der Waals surface area contributed by atoms with Gasteiger partial charge in [0.1, 0.15) is 11.3 Å². The second-order valence-corrected chi connectivity index (χ2v) is 4.54. The molecular formula is C13H14F3NO2. The fraction of sp³-hybridized carbons (Fsp3) is 0.385. The Hall–Kier alpha value is -1.69. The number of alkyl halides is 3. The zero-order valence-corrected chi connectivity index (χ0v) is 10.3. The normalized spacial score (nSPS) is 13.9. The summed E-state index contributed by atoms with van der Waals surface area (Å²) < 4.78 is 41.5. The molecule has 1 aromatic carbocycles. The van der Waals surface area contributed by atoms with Crippen LogP contribution in [0, 0.1) is 0 Å². The van der Waals surface area contributed by atoms with E-state index in [1.165, 1.54) is 12.3 Å². The van der Waals surface area contributed by atoms with E-state index in [1.54, 1.807) is 19.1 Å². The minimum atomic E-state index is -4.22. The molecule has 1 heterocycles. The van der Waals surface area contributed by atoms with Gasteiger partial charge in [-0.3, -0.25) is 0 Å². The summed E-state index contributed by atoms with van der Waals surface area (Å²) in [6, 6.07) is 4.33. The third-order valence-electron chi connectivity index (χ3n) is 2.81. The molecule has 2 N–H and O–H groups in total. The van der Waals surface area contributed by atoms with Crippen molar-refractivity contribution in [2.75, 3.05) is 6.54 Å². The van der Waals surface area contributed by atoms with Gasteiger partial charge in [-0.2, -0.15) is 13.2 Å². The van der Waals surface area contributed by atoms with E-state index < -0.39 is 12.7 Å². The van der Waals surface area contributed by atoms with Crippen molar-refractivity contribution in [1.29, 1.82) is 0 Å². The number of nitrogens with one attached hydrogen (secondary N) is 1. The molecule has 0 aliphatic rings. The molecule has 0 spiro atoms. The molecular weight excluding hydrogens is 259 g/mol. The summed E-state index contributed by atoms with van der Waals surface area (Å²) in [6.45, 7) is 0.655. The molecule has 104 valence electrons. The smallest absolute Gasteiger partial charge is 0.401 e. The van der Waals surface area contributed by atoms with Crippen LogP contribution >= 0.6 is 0 Å². The molecule has 3 nitrogen and oxygen atoms in total. The predicted molar refractivity (Wildman–Crippen MR) is 65.1 cm³/mol. The highest BCUT2D eigenvalue weighted by molar-refractivity contribution is 5.82.